The third kappa shape index (κ3) is 4.08. The number of aryl methyl sites for hydroxylation is 2. The summed E-state index contributed by atoms with van der Waals surface area (Å²) in [7, 11) is 0. The topological polar surface area (TPSA) is 90.1 Å². The summed E-state index contributed by atoms with van der Waals surface area (Å²) in [5, 5.41) is 6.26. The second-order valence-electron chi connectivity index (χ2n) is 7.80. The molecule has 8 heteroatoms. The molecule has 164 valence electrons. The number of thiophene rings is 1. The van der Waals surface area contributed by atoms with Crippen LogP contribution in [0.15, 0.2) is 35.7 Å². The highest BCUT2D eigenvalue weighted by Gasteiger charge is 2.21. The van der Waals surface area contributed by atoms with E-state index in [1.165, 1.54) is 47.5 Å². The number of amides is 1. The molecule has 1 aliphatic carbocycles. The third-order valence-corrected chi connectivity index (χ3v) is 7.51. The number of nitrogen functional groups attached to an aromatic ring is 1. The summed E-state index contributed by atoms with van der Waals surface area (Å²) < 4.78 is 5.49. The van der Waals surface area contributed by atoms with Gasteiger partial charge in [-0.1, -0.05) is 6.42 Å². The van der Waals surface area contributed by atoms with E-state index in [4.69, 9.17) is 15.5 Å². The lowest BCUT2D eigenvalue weighted by molar-refractivity contribution is 0.103. The fourth-order valence-electron chi connectivity index (χ4n) is 4.01. The van der Waals surface area contributed by atoms with Gasteiger partial charge in [0.15, 0.2) is 5.13 Å². The number of carbonyl (C=O) groups excluding carboxylic acids is 1. The van der Waals surface area contributed by atoms with Crippen molar-refractivity contribution in [3.05, 3.63) is 51.8 Å². The second kappa shape index (κ2) is 8.88. The Morgan fingerprint density at radius 3 is 2.78 bits per heavy atom. The van der Waals surface area contributed by atoms with Crippen LogP contribution in [0.3, 0.4) is 0 Å². The van der Waals surface area contributed by atoms with E-state index in [9.17, 15) is 4.79 Å². The molecule has 5 rings (SSSR count). The molecular formula is C24H24N4O2S2. The number of hydrogen-bond donors (Lipinski definition) is 2. The summed E-state index contributed by atoms with van der Waals surface area (Å²) in [5.41, 5.74) is 11.1. The Morgan fingerprint density at radius 1 is 1.16 bits per heavy atom. The van der Waals surface area contributed by atoms with Gasteiger partial charge in [0.25, 0.3) is 5.91 Å². The Bertz CT molecular complexity index is 1280. The maximum atomic E-state index is 13.0. The van der Waals surface area contributed by atoms with Gasteiger partial charge in [-0.2, -0.15) is 0 Å². The summed E-state index contributed by atoms with van der Waals surface area (Å²) in [6.07, 6.45) is 5.61. The van der Waals surface area contributed by atoms with Crippen LogP contribution in [0.4, 0.5) is 10.8 Å². The molecule has 0 unspecified atom stereocenters. The van der Waals surface area contributed by atoms with Gasteiger partial charge in [-0.05, 0) is 68.5 Å². The number of carbonyl (C=O) groups is 1. The molecule has 3 N–H and O–H groups in total. The highest BCUT2D eigenvalue weighted by Crippen LogP contribution is 2.36. The predicted molar refractivity (Wildman–Crippen MR) is 132 cm³/mol. The molecule has 0 spiro atoms. The van der Waals surface area contributed by atoms with Crippen LogP contribution < -0.4 is 15.8 Å². The number of pyridine rings is 1. The maximum absolute atomic E-state index is 13.0. The molecule has 1 aliphatic rings. The highest BCUT2D eigenvalue weighted by atomic mass is 32.1. The van der Waals surface area contributed by atoms with E-state index in [1.54, 1.807) is 0 Å². The summed E-state index contributed by atoms with van der Waals surface area (Å²) in [5.74, 6) is 0.583. The number of nitrogens with two attached hydrogens (primary N) is 1. The Balaban J connectivity index is 1.36. The first-order chi connectivity index (χ1) is 15.6. The first-order valence-corrected chi connectivity index (χ1v) is 12.5. The molecular weight excluding hydrogens is 440 g/mol. The molecule has 0 aliphatic heterocycles. The highest BCUT2D eigenvalue weighted by molar-refractivity contribution is 7.21. The monoisotopic (exact) mass is 464 g/mol. The number of thiazole rings is 1. The van der Waals surface area contributed by atoms with Crippen LogP contribution in [0.1, 0.15) is 47.1 Å². The Labute approximate surface area is 194 Å². The van der Waals surface area contributed by atoms with Gasteiger partial charge in [-0.3, -0.25) is 10.1 Å². The average molecular weight is 465 g/mol. The summed E-state index contributed by atoms with van der Waals surface area (Å²) in [6.45, 7) is 2.59. The first-order valence-electron chi connectivity index (χ1n) is 10.8. The largest absolute Gasteiger partial charge is 0.494 e. The van der Waals surface area contributed by atoms with E-state index >= 15 is 0 Å². The van der Waals surface area contributed by atoms with Crippen molar-refractivity contribution >= 4 is 49.6 Å². The molecule has 4 aromatic rings. The van der Waals surface area contributed by atoms with Gasteiger partial charge in [0.1, 0.15) is 15.5 Å². The lowest BCUT2D eigenvalue weighted by atomic mass is 10.1. The molecule has 0 fully saturated rings. The van der Waals surface area contributed by atoms with E-state index in [0.717, 1.165) is 45.8 Å². The molecule has 0 radical (unpaired) electrons. The Hall–Kier alpha value is -2.97. The maximum Gasteiger partial charge on any atom is 0.269 e. The number of ether oxygens (including phenoxy) is 1. The van der Waals surface area contributed by atoms with Gasteiger partial charge in [0.05, 0.1) is 18.0 Å². The first kappa shape index (κ1) is 20.9. The van der Waals surface area contributed by atoms with Crippen LogP contribution in [0.5, 0.6) is 5.75 Å². The SMILES string of the molecule is CCOc1ccc(-c2csc(NC(=O)c3sc4nc5c(cc4c3N)CCCCC5)n2)cc1. The number of nitrogens with zero attached hydrogens (tertiary/aromatic N) is 2. The van der Waals surface area contributed by atoms with E-state index in [2.05, 4.69) is 16.4 Å². The molecule has 0 saturated carbocycles. The van der Waals surface area contributed by atoms with E-state index < -0.39 is 0 Å². The Morgan fingerprint density at radius 2 is 1.97 bits per heavy atom. The molecule has 0 bridgehead atoms. The second-order valence-corrected chi connectivity index (χ2v) is 9.66. The van der Waals surface area contributed by atoms with Gasteiger partial charge in [-0.15, -0.1) is 22.7 Å². The van der Waals surface area contributed by atoms with Crippen molar-refractivity contribution in [1.29, 1.82) is 0 Å². The minimum Gasteiger partial charge on any atom is -0.494 e. The number of fused-ring (bicyclic) bond motifs is 2. The standard InChI is InChI=1S/C24H24N4O2S2/c1-2-30-16-10-8-14(9-11-16)19-13-31-24(27-19)28-22(29)21-20(25)17-12-15-6-4-3-5-7-18(15)26-23(17)32-21/h8-13H,2-7,25H2,1H3,(H,27,28,29). The van der Waals surface area contributed by atoms with Crippen molar-refractivity contribution in [2.75, 3.05) is 17.7 Å². The van der Waals surface area contributed by atoms with Crippen molar-refractivity contribution in [3.8, 4) is 17.0 Å². The van der Waals surface area contributed by atoms with Crippen LogP contribution in [0.25, 0.3) is 21.5 Å². The van der Waals surface area contributed by atoms with Gasteiger partial charge in [0, 0.05) is 22.0 Å². The molecule has 0 atom stereocenters. The minimum absolute atomic E-state index is 0.242. The molecule has 1 amide bonds. The molecule has 32 heavy (non-hydrogen) atoms. The van der Waals surface area contributed by atoms with Gasteiger partial charge >= 0.3 is 0 Å². The van der Waals surface area contributed by atoms with Crippen LogP contribution >= 0.6 is 22.7 Å². The van der Waals surface area contributed by atoms with Crippen LogP contribution in [0, 0.1) is 0 Å². The van der Waals surface area contributed by atoms with Crippen molar-refractivity contribution in [3.63, 3.8) is 0 Å². The van der Waals surface area contributed by atoms with Crippen molar-refractivity contribution in [2.45, 2.75) is 39.0 Å². The number of anilines is 2. The smallest absolute Gasteiger partial charge is 0.269 e. The van der Waals surface area contributed by atoms with E-state index in [-0.39, 0.29) is 5.91 Å². The Kier molecular flexibility index (Phi) is 5.80. The molecule has 3 aromatic heterocycles. The van der Waals surface area contributed by atoms with Gasteiger partial charge in [-0.25, -0.2) is 9.97 Å². The normalized spacial score (nSPS) is 13.5. The fourth-order valence-corrected chi connectivity index (χ4v) is 5.72. The average Bonchev–Trinajstić information content (AvgIpc) is 3.30. The number of nitrogens with one attached hydrogen (secondary N) is 1. The van der Waals surface area contributed by atoms with Crippen LogP contribution in [-0.4, -0.2) is 22.5 Å². The lowest BCUT2D eigenvalue weighted by Crippen LogP contribution is -2.11. The molecule has 3 heterocycles. The van der Waals surface area contributed by atoms with E-state index in [0.29, 0.717) is 22.3 Å². The fraction of sp³-hybridized carbons (Fsp3) is 0.292. The lowest BCUT2D eigenvalue weighted by Gasteiger charge is -2.04. The number of rotatable bonds is 5. The quantitative estimate of drug-likeness (QED) is 0.358. The number of aromatic nitrogens is 2. The summed E-state index contributed by atoms with van der Waals surface area (Å²) >= 11 is 2.75. The molecule has 6 nitrogen and oxygen atoms in total. The van der Waals surface area contributed by atoms with Gasteiger partial charge in [0.2, 0.25) is 0 Å². The zero-order valence-electron chi connectivity index (χ0n) is 17.8. The van der Waals surface area contributed by atoms with E-state index in [1.807, 2.05) is 36.6 Å². The molecule has 1 aromatic carbocycles. The third-order valence-electron chi connectivity index (χ3n) is 5.64. The molecule has 0 saturated heterocycles. The van der Waals surface area contributed by atoms with Crippen molar-refractivity contribution < 1.29 is 9.53 Å². The summed E-state index contributed by atoms with van der Waals surface area (Å²) in [4.78, 5) is 23.7. The zero-order valence-corrected chi connectivity index (χ0v) is 19.4. The number of hydrogen-bond acceptors (Lipinski definition) is 7. The van der Waals surface area contributed by atoms with Crippen molar-refractivity contribution in [1.82, 2.24) is 9.97 Å². The van der Waals surface area contributed by atoms with Gasteiger partial charge < -0.3 is 10.5 Å². The van der Waals surface area contributed by atoms with Crippen molar-refractivity contribution in [2.24, 2.45) is 0 Å². The minimum atomic E-state index is -0.242. The number of benzene rings is 1. The van der Waals surface area contributed by atoms with Crippen LogP contribution in [0.2, 0.25) is 0 Å². The zero-order chi connectivity index (χ0) is 22.1. The predicted octanol–water partition coefficient (Wildman–Crippen LogP) is 5.92. The summed E-state index contributed by atoms with van der Waals surface area (Å²) in [6, 6.07) is 9.90. The van der Waals surface area contributed by atoms with Crippen LogP contribution in [-0.2, 0) is 12.8 Å².